The van der Waals surface area contributed by atoms with E-state index >= 15 is 0 Å². The van der Waals surface area contributed by atoms with E-state index in [1.54, 1.807) is 0 Å². The fourth-order valence-corrected chi connectivity index (χ4v) is 2.51. The molecule has 0 N–H and O–H groups in total. The second-order valence-corrected chi connectivity index (χ2v) is 4.03. The lowest BCUT2D eigenvalue weighted by atomic mass is 9.82. The lowest BCUT2D eigenvalue weighted by Gasteiger charge is -2.42. The van der Waals surface area contributed by atoms with Crippen LogP contribution in [0.15, 0.2) is 0 Å². The standard InChI is InChI=1S/C10H18O2/c1-7-9-5-3-4-6-10(9)12-8(2)11-7/h7-10H,3-6H2,1-2H3/t7-,8-,9+,10+/m0/s1. The van der Waals surface area contributed by atoms with E-state index in [0.717, 1.165) is 0 Å². The first-order valence-corrected chi connectivity index (χ1v) is 5.08. The van der Waals surface area contributed by atoms with Crippen molar-refractivity contribution in [3.05, 3.63) is 0 Å². The topological polar surface area (TPSA) is 18.5 Å². The van der Waals surface area contributed by atoms with Crippen LogP contribution in [0.2, 0.25) is 0 Å². The second-order valence-electron chi connectivity index (χ2n) is 4.03. The van der Waals surface area contributed by atoms with Crippen LogP contribution in [0.1, 0.15) is 39.5 Å². The first-order chi connectivity index (χ1) is 5.77. The molecule has 1 saturated carbocycles. The van der Waals surface area contributed by atoms with Crippen molar-refractivity contribution in [3.63, 3.8) is 0 Å². The van der Waals surface area contributed by atoms with Gasteiger partial charge in [0.1, 0.15) is 0 Å². The molecule has 2 heteroatoms. The highest BCUT2D eigenvalue weighted by Crippen LogP contribution is 2.35. The molecule has 1 saturated heterocycles. The van der Waals surface area contributed by atoms with Crippen molar-refractivity contribution in [2.24, 2.45) is 5.92 Å². The third-order valence-corrected chi connectivity index (χ3v) is 3.13. The van der Waals surface area contributed by atoms with Crippen LogP contribution in [0, 0.1) is 5.92 Å². The Morgan fingerprint density at radius 1 is 1.00 bits per heavy atom. The molecule has 2 fully saturated rings. The molecule has 0 radical (unpaired) electrons. The Labute approximate surface area is 74.2 Å². The van der Waals surface area contributed by atoms with Gasteiger partial charge in [-0.05, 0) is 26.7 Å². The van der Waals surface area contributed by atoms with E-state index in [4.69, 9.17) is 9.47 Å². The lowest BCUT2D eigenvalue weighted by molar-refractivity contribution is -0.263. The van der Waals surface area contributed by atoms with E-state index in [1.165, 1.54) is 25.7 Å². The van der Waals surface area contributed by atoms with Crippen molar-refractivity contribution in [3.8, 4) is 0 Å². The zero-order valence-electron chi connectivity index (χ0n) is 7.95. The van der Waals surface area contributed by atoms with Gasteiger partial charge in [-0.2, -0.15) is 0 Å². The SMILES string of the molecule is C[C@H]1O[C@@H](C)[C@H]2CCCC[C@H]2O1. The molecule has 0 aromatic carbocycles. The molecule has 1 aliphatic heterocycles. The summed E-state index contributed by atoms with van der Waals surface area (Å²) in [5.41, 5.74) is 0. The van der Waals surface area contributed by atoms with Gasteiger partial charge in [0.25, 0.3) is 0 Å². The monoisotopic (exact) mass is 170 g/mol. The van der Waals surface area contributed by atoms with E-state index in [2.05, 4.69) is 6.92 Å². The van der Waals surface area contributed by atoms with Gasteiger partial charge in [-0.15, -0.1) is 0 Å². The summed E-state index contributed by atoms with van der Waals surface area (Å²) < 4.78 is 11.4. The zero-order valence-corrected chi connectivity index (χ0v) is 7.95. The molecule has 12 heavy (non-hydrogen) atoms. The van der Waals surface area contributed by atoms with E-state index in [-0.39, 0.29) is 6.29 Å². The lowest BCUT2D eigenvalue weighted by Crippen LogP contribution is -2.45. The van der Waals surface area contributed by atoms with Crippen molar-refractivity contribution in [2.45, 2.75) is 58.0 Å². The quantitative estimate of drug-likeness (QED) is 0.555. The Bertz CT molecular complexity index is 158. The fraction of sp³-hybridized carbons (Fsp3) is 1.00. The molecule has 0 spiro atoms. The molecule has 0 aromatic rings. The molecule has 2 rings (SSSR count). The molecular weight excluding hydrogens is 152 g/mol. The van der Waals surface area contributed by atoms with E-state index in [0.29, 0.717) is 18.1 Å². The molecule has 2 aliphatic rings. The maximum Gasteiger partial charge on any atom is 0.155 e. The Balaban J connectivity index is 2.01. The highest BCUT2D eigenvalue weighted by molar-refractivity contribution is 4.83. The van der Waals surface area contributed by atoms with E-state index in [9.17, 15) is 0 Å². The maximum atomic E-state index is 5.74. The van der Waals surface area contributed by atoms with Crippen molar-refractivity contribution in [1.82, 2.24) is 0 Å². The van der Waals surface area contributed by atoms with Gasteiger partial charge < -0.3 is 9.47 Å². The average Bonchev–Trinajstić information content (AvgIpc) is 2.04. The maximum absolute atomic E-state index is 5.74. The highest BCUT2D eigenvalue weighted by atomic mass is 16.7. The fourth-order valence-electron chi connectivity index (χ4n) is 2.51. The van der Waals surface area contributed by atoms with Crippen LogP contribution in [-0.4, -0.2) is 18.5 Å². The molecule has 70 valence electrons. The van der Waals surface area contributed by atoms with Crippen LogP contribution >= 0.6 is 0 Å². The van der Waals surface area contributed by atoms with Crippen LogP contribution in [-0.2, 0) is 9.47 Å². The molecule has 2 nitrogen and oxygen atoms in total. The minimum atomic E-state index is 0.0133. The first-order valence-electron chi connectivity index (χ1n) is 5.08. The van der Waals surface area contributed by atoms with Gasteiger partial charge in [0, 0.05) is 5.92 Å². The van der Waals surface area contributed by atoms with Crippen molar-refractivity contribution >= 4 is 0 Å². The van der Waals surface area contributed by atoms with E-state index < -0.39 is 0 Å². The minimum absolute atomic E-state index is 0.0133. The predicted molar refractivity (Wildman–Crippen MR) is 46.8 cm³/mol. The largest absolute Gasteiger partial charge is 0.350 e. The normalized spacial score (nSPS) is 48.5. The molecule has 0 aromatic heterocycles. The third kappa shape index (κ3) is 1.50. The van der Waals surface area contributed by atoms with Gasteiger partial charge in [0.15, 0.2) is 6.29 Å². The zero-order chi connectivity index (χ0) is 8.55. The van der Waals surface area contributed by atoms with Crippen molar-refractivity contribution < 1.29 is 9.47 Å². The van der Waals surface area contributed by atoms with Crippen LogP contribution in [0.3, 0.4) is 0 Å². The summed E-state index contributed by atoms with van der Waals surface area (Å²) in [5, 5.41) is 0. The van der Waals surface area contributed by atoms with Gasteiger partial charge in [-0.1, -0.05) is 12.8 Å². The van der Waals surface area contributed by atoms with Gasteiger partial charge >= 0.3 is 0 Å². The Kier molecular flexibility index (Phi) is 2.37. The summed E-state index contributed by atoms with van der Waals surface area (Å²) in [7, 11) is 0. The minimum Gasteiger partial charge on any atom is -0.350 e. The molecule has 0 unspecified atom stereocenters. The average molecular weight is 170 g/mol. The molecule has 0 amide bonds. The summed E-state index contributed by atoms with van der Waals surface area (Å²) in [4.78, 5) is 0. The Morgan fingerprint density at radius 3 is 2.58 bits per heavy atom. The summed E-state index contributed by atoms with van der Waals surface area (Å²) in [5.74, 6) is 0.662. The number of ether oxygens (including phenoxy) is 2. The molecule has 1 aliphatic carbocycles. The Morgan fingerprint density at radius 2 is 1.75 bits per heavy atom. The van der Waals surface area contributed by atoms with Crippen LogP contribution < -0.4 is 0 Å². The van der Waals surface area contributed by atoms with E-state index in [1.807, 2.05) is 6.92 Å². The van der Waals surface area contributed by atoms with Gasteiger partial charge in [-0.3, -0.25) is 0 Å². The summed E-state index contributed by atoms with van der Waals surface area (Å²) in [6, 6.07) is 0. The summed E-state index contributed by atoms with van der Waals surface area (Å²) in [6.45, 7) is 4.18. The molecular formula is C10H18O2. The van der Waals surface area contributed by atoms with Gasteiger partial charge in [0.2, 0.25) is 0 Å². The Hall–Kier alpha value is -0.0800. The number of hydrogen-bond acceptors (Lipinski definition) is 2. The summed E-state index contributed by atoms with van der Waals surface area (Å²) >= 11 is 0. The smallest absolute Gasteiger partial charge is 0.155 e. The molecule has 4 atom stereocenters. The van der Waals surface area contributed by atoms with Crippen LogP contribution in [0.5, 0.6) is 0 Å². The second kappa shape index (κ2) is 3.35. The third-order valence-electron chi connectivity index (χ3n) is 3.13. The van der Waals surface area contributed by atoms with Gasteiger partial charge in [0.05, 0.1) is 12.2 Å². The number of hydrogen-bond donors (Lipinski definition) is 0. The van der Waals surface area contributed by atoms with Gasteiger partial charge in [-0.25, -0.2) is 0 Å². The predicted octanol–water partition coefficient (Wildman–Crippen LogP) is 2.33. The molecule has 0 bridgehead atoms. The number of rotatable bonds is 0. The van der Waals surface area contributed by atoms with Crippen LogP contribution in [0.4, 0.5) is 0 Å². The first kappa shape index (κ1) is 8.52. The van der Waals surface area contributed by atoms with Crippen molar-refractivity contribution in [2.75, 3.05) is 0 Å². The van der Waals surface area contributed by atoms with Crippen molar-refractivity contribution in [1.29, 1.82) is 0 Å². The summed E-state index contributed by atoms with van der Waals surface area (Å²) in [6.07, 6.45) is 6.12. The van der Waals surface area contributed by atoms with Crippen LogP contribution in [0.25, 0.3) is 0 Å². The number of fused-ring (bicyclic) bond motifs is 1. The molecule has 1 heterocycles. The highest BCUT2D eigenvalue weighted by Gasteiger charge is 2.36.